The highest BCUT2D eigenvalue weighted by atomic mass is 19.4. The van der Waals surface area contributed by atoms with Crippen molar-refractivity contribution in [2.75, 3.05) is 24.6 Å². The Morgan fingerprint density at radius 2 is 1.88 bits per heavy atom. The number of hydrogen-bond acceptors (Lipinski definition) is 5. The van der Waals surface area contributed by atoms with E-state index in [1.165, 1.54) is 12.4 Å². The van der Waals surface area contributed by atoms with Gasteiger partial charge in [0.25, 0.3) is 0 Å². The van der Waals surface area contributed by atoms with Crippen molar-refractivity contribution in [2.24, 2.45) is 5.16 Å². The van der Waals surface area contributed by atoms with E-state index in [-0.39, 0.29) is 18.7 Å². The van der Waals surface area contributed by atoms with Crippen LogP contribution in [0, 0.1) is 12.7 Å². The van der Waals surface area contributed by atoms with Gasteiger partial charge in [0.1, 0.15) is 5.82 Å². The molecule has 9 heteroatoms. The molecule has 1 aliphatic rings. The minimum atomic E-state index is -4.41. The molecular formula is C16H13F4N4O. The summed E-state index contributed by atoms with van der Waals surface area (Å²) in [7, 11) is 0. The molecule has 5 nitrogen and oxygen atoms in total. The highest BCUT2D eigenvalue weighted by Gasteiger charge is 2.30. The van der Waals surface area contributed by atoms with E-state index in [4.69, 9.17) is 0 Å². The highest BCUT2D eigenvalue weighted by Crippen LogP contribution is 2.25. The lowest BCUT2D eigenvalue weighted by molar-refractivity contribution is -0.173. The van der Waals surface area contributed by atoms with E-state index in [2.05, 4.69) is 26.9 Å². The van der Waals surface area contributed by atoms with E-state index in [1.807, 2.05) is 0 Å². The van der Waals surface area contributed by atoms with E-state index >= 15 is 0 Å². The van der Waals surface area contributed by atoms with Gasteiger partial charge in [0.05, 0.1) is 18.8 Å². The van der Waals surface area contributed by atoms with Crippen LogP contribution >= 0.6 is 0 Å². The van der Waals surface area contributed by atoms with E-state index in [1.54, 1.807) is 23.1 Å². The average Bonchev–Trinajstić information content (AvgIpc) is 2.52. The molecule has 2 aromatic rings. The molecular weight excluding hydrogens is 340 g/mol. The van der Waals surface area contributed by atoms with Gasteiger partial charge in [0.15, 0.2) is 0 Å². The van der Waals surface area contributed by atoms with Crippen molar-refractivity contribution < 1.29 is 22.4 Å². The summed E-state index contributed by atoms with van der Waals surface area (Å²) in [5.41, 5.74) is 1.61. The zero-order chi connectivity index (χ0) is 18.0. The van der Waals surface area contributed by atoms with Crippen LogP contribution in [0.25, 0.3) is 11.1 Å². The molecule has 1 aliphatic heterocycles. The first kappa shape index (κ1) is 17.1. The molecule has 0 saturated carbocycles. The Labute approximate surface area is 140 Å². The van der Waals surface area contributed by atoms with Gasteiger partial charge < -0.3 is 9.74 Å². The number of alkyl halides is 3. The van der Waals surface area contributed by atoms with Crippen molar-refractivity contribution in [3.63, 3.8) is 0 Å². The standard InChI is InChI=1S/C16H13F4N4O/c1-10-3-2-4-13(14(10)17)11-5-21-15(22-6-11)24-7-12(8-24)23-25-9-16(18,19)20/h2-6H,1,7-9H2. The third-order valence-corrected chi connectivity index (χ3v) is 3.48. The van der Waals surface area contributed by atoms with Gasteiger partial charge in [-0.15, -0.1) is 0 Å². The quantitative estimate of drug-likeness (QED) is 0.626. The van der Waals surface area contributed by atoms with Gasteiger partial charge in [-0.3, -0.25) is 0 Å². The molecule has 1 fully saturated rings. The largest absolute Gasteiger partial charge is 0.425 e. The van der Waals surface area contributed by atoms with Gasteiger partial charge >= 0.3 is 6.18 Å². The summed E-state index contributed by atoms with van der Waals surface area (Å²) in [6, 6.07) is 4.86. The normalized spacial score (nSPS) is 14.3. The van der Waals surface area contributed by atoms with Crippen LogP contribution in [-0.2, 0) is 4.84 Å². The Bertz CT molecular complexity index is 782. The maximum Gasteiger partial charge on any atom is 0.425 e. The van der Waals surface area contributed by atoms with Gasteiger partial charge in [-0.25, -0.2) is 14.4 Å². The Balaban J connectivity index is 1.61. The molecule has 0 unspecified atom stereocenters. The lowest BCUT2D eigenvalue weighted by Gasteiger charge is -2.31. The SMILES string of the molecule is [CH2]c1cccc(-c2cnc(N3CC(=NOCC(F)(F)F)C3)nc2)c1F. The first-order chi connectivity index (χ1) is 11.8. The second kappa shape index (κ2) is 6.66. The van der Waals surface area contributed by atoms with Gasteiger partial charge in [-0.2, -0.15) is 13.2 Å². The average molecular weight is 353 g/mol. The van der Waals surface area contributed by atoms with Crippen LogP contribution in [0.15, 0.2) is 35.7 Å². The van der Waals surface area contributed by atoms with Crippen molar-refractivity contribution in [2.45, 2.75) is 6.18 Å². The maximum atomic E-state index is 14.0. The van der Waals surface area contributed by atoms with Crippen molar-refractivity contribution >= 4 is 11.7 Å². The molecule has 1 radical (unpaired) electrons. The minimum Gasteiger partial charge on any atom is -0.386 e. The third-order valence-electron chi connectivity index (χ3n) is 3.48. The van der Waals surface area contributed by atoms with Crippen LogP contribution < -0.4 is 4.90 Å². The number of rotatable bonds is 4. The van der Waals surface area contributed by atoms with Crippen LogP contribution in [0.2, 0.25) is 0 Å². The van der Waals surface area contributed by atoms with Crippen LogP contribution in [0.1, 0.15) is 5.56 Å². The van der Waals surface area contributed by atoms with Gasteiger partial charge in [0, 0.05) is 23.5 Å². The molecule has 3 rings (SSSR count). The van der Waals surface area contributed by atoms with E-state index < -0.39 is 18.6 Å². The molecule has 0 N–H and O–H groups in total. The number of benzene rings is 1. The number of oxime groups is 1. The molecule has 0 aliphatic carbocycles. The van der Waals surface area contributed by atoms with E-state index in [9.17, 15) is 17.6 Å². The smallest absolute Gasteiger partial charge is 0.386 e. The zero-order valence-corrected chi connectivity index (χ0v) is 12.9. The topological polar surface area (TPSA) is 50.6 Å². The monoisotopic (exact) mass is 353 g/mol. The third kappa shape index (κ3) is 4.04. The van der Waals surface area contributed by atoms with Gasteiger partial charge in [-0.05, 0) is 12.5 Å². The Kier molecular flexibility index (Phi) is 4.56. The Morgan fingerprint density at radius 1 is 1.20 bits per heavy atom. The van der Waals surface area contributed by atoms with Gasteiger partial charge in [0.2, 0.25) is 12.6 Å². The van der Waals surface area contributed by atoms with Crippen LogP contribution in [0.3, 0.4) is 0 Å². The minimum absolute atomic E-state index is 0.278. The fourth-order valence-corrected chi connectivity index (χ4v) is 2.22. The fraction of sp³-hybridized carbons (Fsp3) is 0.250. The van der Waals surface area contributed by atoms with E-state index in [0.717, 1.165) is 0 Å². The van der Waals surface area contributed by atoms with E-state index in [0.29, 0.717) is 22.8 Å². The summed E-state index contributed by atoms with van der Waals surface area (Å²) in [6.45, 7) is 2.74. The fourth-order valence-electron chi connectivity index (χ4n) is 2.22. The highest BCUT2D eigenvalue weighted by molar-refractivity contribution is 5.98. The zero-order valence-electron chi connectivity index (χ0n) is 12.9. The van der Waals surface area contributed by atoms with Crippen molar-refractivity contribution in [3.8, 4) is 11.1 Å². The van der Waals surface area contributed by atoms with Crippen molar-refractivity contribution in [1.29, 1.82) is 0 Å². The molecule has 131 valence electrons. The molecule has 0 amide bonds. The molecule has 1 aromatic carbocycles. The number of anilines is 1. The van der Waals surface area contributed by atoms with Crippen LogP contribution in [0.4, 0.5) is 23.5 Å². The van der Waals surface area contributed by atoms with Crippen molar-refractivity contribution in [3.05, 3.63) is 48.9 Å². The summed E-state index contributed by atoms with van der Waals surface area (Å²) in [4.78, 5) is 14.2. The molecule has 0 atom stereocenters. The molecule has 1 saturated heterocycles. The summed E-state index contributed by atoms with van der Waals surface area (Å²) in [5, 5.41) is 3.42. The van der Waals surface area contributed by atoms with Gasteiger partial charge in [-0.1, -0.05) is 23.4 Å². The number of aromatic nitrogens is 2. The lowest BCUT2D eigenvalue weighted by atomic mass is 10.1. The molecule has 0 bridgehead atoms. The number of nitrogens with zero attached hydrogens (tertiary/aromatic N) is 4. The Hall–Kier alpha value is -2.71. The van der Waals surface area contributed by atoms with Crippen LogP contribution in [-0.4, -0.2) is 41.6 Å². The number of halogens is 4. The Morgan fingerprint density at radius 3 is 2.52 bits per heavy atom. The van der Waals surface area contributed by atoms with Crippen molar-refractivity contribution in [1.82, 2.24) is 9.97 Å². The van der Waals surface area contributed by atoms with Crippen LogP contribution in [0.5, 0.6) is 0 Å². The molecule has 0 spiro atoms. The summed E-state index contributed by atoms with van der Waals surface area (Å²) >= 11 is 0. The number of hydrogen-bond donors (Lipinski definition) is 0. The predicted octanol–water partition coefficient (Wildman–Crippen LogP) is 3.22. The second-order valence-corrected chi connectivity index (χ2v) is 5.45. The second-order valence-electron chi connectivity index (χ2n) is 5.45. The summed E-state index contributed by atoms with van der Waals surface area (Å²) < 4.78 is 49.9. The predicted molar refractivity (Wildman–Crippen MR) is 83.5 cm³/mol. The molecule has 2 heterocycles. The molecule has 25 heavy (non-hydrogen) atoms. The first-order valence-corrected chi connectivity index (χ1v) is 7.26. The molecule has 1 aromatic heterocycles. The lowest BCUT2D eigenvalue weighted by Crippen LogP contribution is -2.48. The summed E-state index contributed by atoms with van der Waals surface area (Å²) in [6.07, 6.45) is -1.45. The maximum absolute atomic E-state index is 14.0. The summed E-state index contributed by atoms with van der Waals surface area (Å²) in [5.74, 6) is -0.0521. The first-order valence-electron chi connectivity index (χ1n) is 7.26.